The van der Waals surface area contributed by atoms with Crippen LogP contribution in [0, 0.1) is 0 Å². The molecular weight excluding hydrogens is 208 g/mol. The van der Waals surface area contributed by atoms with Crippen LogP contribution in [-0.4, -0.2) is 17.0 Å². The summed E-state index contributed by atoms with van der Waals surface area (Å²) in [5.74, 6) is -1.59. The Morgan fingerprint density at radius 2 is 2.07 bits per heavy atom. The molecule has 0 spiro atoms. The van der Waals surface area contributed by atoms with E-state index in [4.69, 9.17) is 21.4 Å². The van der Waals surface area contributed by atoms with E-state index in [9.17, 15) is 9.59 Å². The molecule has 0 bridgehead atoms. The zero-order valence-electron chi connectivity index (χ0n) is 7.28. The van der Waals surface area contributed by atoms with Gasteiger partial charge >= 0.3 is 11.9 Å². The molecule has 0 amide bonds. The molecule has 1 aromatic rings. The molecule has 0 heterocycles. The molecule has 0 radical (unpaired) electrons. The monoisotopic (exact) mass is 214 g/mol. The number of carbonyl (C=O) groups is 2. The average molecular weight is 215 g/mol. The van der Waals surface area contributed by atoms with Crippen molar-refractivity contribution in [3.05, 3.63) is 28.8 Å². The van der Waals surface area contributed by atoms with E-state index in [-0.39, 0.29) is 16.3 Å². The van der Waals surface area contributed by atoms with Crippen LogP contribution in [0.25, 0.3) is 0 Å². The lowest BCUT2D eigenvalue weighted by Crippen LogP contribution is -2.03. The van der Waals surface area contributed by atoms with E-state index < -0.39 is 11.9 Å². The smallest absolute Gasteiger partial charge is 0.335 e. The van der Waals surface area contributed by atoms with Crippen molar-refractivity contribution in [3.63, 3.8) is 0 Å². The molecule has 74 valence electrons. The summed E-state index contributed by atoms with van der Waals surface area (Å²) in [6.45, 7) is 1.21. The molecule has 4 nitrogen and oxygen atoms in total. The molecule has 14 heavy (non-hydrogen) atoms. The Hall–Kier alpha value is -1.55. The molecule has 0 saturated carbocycles. The number of ether oxygens (including phenoxy) is 1. The third kappa shape index (κ3) is 2.47. The van der Waals surface area contributed by atoms with Crippen LogP contribution >= 0.6 is 11.6 Å². The zero-order valence-corrected chi connectivity index (χ0v) is 8.04. The largest absolute Gasteiger partial charge is 0.478 e. The van der Waals surface area contributed by atoms with Crippen LogP contribution in [0.2, 0.25) is 5.02 Å². The van der Waals surface area contributed by atoms with Gasteiger partial charge < -0.3 is 9.84 Å². The molecule has 0 aliphatic rings. The minimum absolute atomic E-state index is 0.0191. The van der Waals surface area contributed by atoms with Crippen molar-refractivity contribution in [2.75, 3.05) is 0 Å². The molecule has 0 aliphatic carbocycles. The average Bonchev–Trinajstić information content (AvgIpc) is 2.07. The number of halogens is 1. The second-order valence-corrected chi connectivity index (χ2v) is 2.95. The zero-order chi connectivity index (χ0) is 10.7. The first kappa shape index (κ1) is 10.5. The molecule has 0 saturated heterocycles. The normalized spacial score (nSPS) is 9.57. The van der Waals surface area contributed by atoms with Crippen molar-refractivity contribution in [1.82, 2.24) is 0 Å². The van der Waals surface area contributed by atoms with E-state index in [1.165, 1.54) is 25.1 Å². The van der Waals surface area contributed by atoms with E-state index in [0.717, 1.165) is 0 Å². The lowest BCUT2D eigenvalue weighted by atomic mass is 10.2. The Kier molecular flexibility index (Phi) is 3.09. The van der Waals surface area contributed by atoms with Crippen LogP contribution < -0.4 is 4.74 Å². The lowest BCUT2D eigenvalue weighted by Gasteiger charge is -2.04. The van der Waals surface area contributed by atoms with Crippen LogP contribution in [0.5, 0.6) is 5.75 Å². The highest BCUT2D eigenvalue weighted by Gasteiger charge is 2.09. The maximum Gasteiger partial charge on any atom is 0.335 e. The molecule has 1 rings (SSSR count). The SMILES string of the molecule is CC(=O)Oc1cc(C(=O)O)ccc1Cl. The van der Waals surface area contributed by atoms with Gasteiger partial charge in [-0.15, -0.1) is 0 Å². The summed E-state index contributed by atoms with van der Waals surface area (Å²) in [7, 11) is 0. The van der Waals surface area contributed by atoms with Crippen LogP contribution in [0.15, 0.2) is 18.2 Å². The number of aromatic carboxylic acids is 1. The summed E-state index contributed by atoms with van der Waals surface area (Å²) in [6.07, 6.45) is 0. The Morgan fingerprint density at radius 1 is 1.43 bits per heavy atom. The molecule has 5 heteroatoms. The number of hydrogen-bond donors (Lipinski definition) is 1. The van der Waals surface area contributed by atoms with Crippen molar-refractivity contribution in [3.8, 4) is 5.75 Å². The van der Waals surface area contributed by atoms with Crippen LogP contribution in [-0.2, 0) is 4.79 Å². The van der Waals surface area contributed by atoms with Crippen LogP contribution in [0.1, 0.15) is 17.3 Å². The first-order chi connectivity index (χ1) is 6.50. The standard InChI is InChI=1S/C9H7ClO4/c1-5(11)14-8-4-6(9(12)13)2-3-7(8)10/h2-4H,1H3,(H,12,13). The summed E-state index contributed by atoms with van der Waals surface area (Å²) < 4.78 is 4.70. The van der Waals surface area contributed by atoms with Gasteiger partial charge in [-0.25, -0.2) is 4.79 Å². The molecule has 1 aromatic carbocycles. The van der Waals surface area contributed by atoms with Crippen molar-refractivity contribution >= 4 is 23.5 Å². The third-order valence-electron chi connectivity index (χ3n) is 1.43. The fraction of sp³-hybridized carbons (Fsp3) is 0.111. The maximum atomic E-state index is 10.6. The van der Waals surface area contributed by atoms with Gasteiger partial charge in [-0.05, 0) is 18.2 Å². The van der Waals surface area contributed by atoms with Gasteiger partial charge in [0.1, 0.15) is 5.75 Å². The number of carboxylic acids is 1. The molecule has 0 atom stereocenters. The van der Waals surface area contributed by atoms with E-state index in [2.05, 4.69) is 0 Å². The summed E-state index contributed by atoms with van der Waals surface area (Å²) >= 11 is 5.67. The van der Waals surface area contributed by atoms with Crippen molar-refractivity contribution in [2.45, 2.75) is 6.92 Å². The fourth-order valence-electron chi connectivity index (χ4n) is 0.869. The summed E-state index contributed by atoms with van der Waals surface area (Å²) in [5.41, 5.74) is 0.0191. The number of esters is 1. The van der Waals surface area contributed by atoms with Gasteiger partial charge in [0, 0.05) is 6.92 Å². The highest BCUT2D eigenvalue weighted by Crippen LogP contribution is 2.25. The topological polar surface area (TPSA) is 63.6 Å². The number of rotatable bonds is 2. The van der Waals surface area contributed by atoms with Gasteiger partial charge in [0.05, 0.1) is 10.6 Å². The molecule has 0 fully saturated rings. The van der Waals surface area contributed by atoms with Gasteiger partial charge in [-0.2, -0.15) is 0 Å². The molecular formula is C9H7ClO4. The molecule has 0 unspecified atom stereocenters. The third-order valence-corrected chi connectivity index (χ3v) is 1.74. The van der Waals surface area contributed by atoms with Crippen LogP contribution in [0.3, 0.4) is 0 Å². The first-order valence-corrected chi connectivity index (χ1v) is 4.10. The fourth-order valence-corrected chi connectivity index (χ4v) is 1.03. The van der Waals surface area contributed by atoms with Crippen molar-refractivity contribution < 1.29 is 19.4 Å². The van der Waals surface area contributed by atoms with E-state index in [0.29, 0.717) is 0 Å². The van der Waals surface area contributed by atoms with E-state index in [1.807, 2.05) is 0 Å². The Labute approximate surface area is 85.1 Å². The van der Waals surface area contributed by atoms with Crippen molar-refractivity contribution in [1.29, 1.82) is 0 Å². The van der Waals surface area contributed by atoms with E-state index in [1.54, 1.807) is 0 Å². The van der Waals surface area contributed by atoms with E-state index >= 15 is 0 Å². The van der Waals surface area contributed by atoms with Gasteiger partial charge in [-0.1, -0.05) is 11.6 Å². The summed E-state index contributed by atoms with van der Waals surface area (Å²) in [6, 6.07) is 3.90. The highest BCUT2D eigenvalue weighted by molar-refractivity contribution is 6.32. The van der Waals surface area contributed by atoms with Gasteiger partial charge in [0.25, 0.3) is 0 Å². The molecule has 0 aliphatic heterocycles. The minimum atomic E-state index is -1.10. The minimum Gasteiger partial charge on any atom is -0.478 e. The Bertz CT molecular complexity index is 386. The molecule has 0 aromatic heterocycles. The van der Waals surface area contributed by atoms with Crippen molar-refractivity contribution in [2.24, 2.45) is 0 Å². The first-order valence-electron chi connectivity index (χ1n) is 3.72. The lowest BCUT2D eigenvalue weighted by molar-refractivity contribution is -0.131. The predicted molar refractivity (Wildman–Crippen MR) is 49.7 cm³/mol. The van der Waals surface area contributed by atoms with Gasteiger partial charge in [-0.3, -0.25) is 4.79 Å². The summed E-state index contributed by atoms with van der Waals surface area (Å²) in [4.78, 5) is 21.2. The van der Waals surface area contributed by atoms with Crippen LogP contribution in [0.4, 0.5) is 0 Å². The molecule has 1 N–H and O–H groups in total. The van der Waals surface area contributed by atoms with Gasteiger partial charge in [0.15, 0.2) is 0 Å². The maximum absolute atomic E-state index is 10.6. The number of carboxylic acid groups (broad SMARTS) is 1. The second-order valence-electron chi connectivity index (χ2n) is 2.54. The Morgan fingerprint density at radius 3 is 2.57 bits per heavy atom. The second kappa shape index (κ2) is 4.11. The van der Waals surface area contributed by atoms with Gasteiger partial charge in [0.2, 0.25) is 0 Å². The highest BCUT2D eigenvalue weighted by atomic mass is 35.5. The number of hydrogen-bond acceptors (Lipinski definition) is 3. The number of benzene rings is 1. The Balaban J connectivity index is 3.08. The quantitative estimate of drug-likeness (QED) is 0.604. The summed E-state index contributed by atoms with van der Waals surface area (Å²) in [5, 5.41) is 8.85. The predicted octanol–water partition coefficient (Wildman–Crippen LogP) is 1.96. The number of carbonyl (C=O) groups excluding carboxylic acids is 1.